The van der Waals surface area contributed by atoms with Crippen LogP contribution < -0.4 is 14.2 Å². The topological polar surface area (TPSA) is 71.1 Å². The maximum atomic E-state index is 12.1. The Kier molecular flexibility index (Phi) is 6.79. The molecule has 0 bridgehead atoms. The standard InChI is InChI=1S/C20H20O6/c1-14(2)19(21)25-13-12-24-17-6-4-15(5-7-17)20(22)26-18-10-8-16(23-3)9-11-18/h4-11H,1,12-13H2,2-3H3. The van der Waals surface area contributed by atoms with Crippen molar-refractivity contribution >= 4 is 11.9 Å². The Hall–Kier alpha value is -3.28. The highest BCUT2D eigenvalue weighted by atomic mass is 16.6. The summed E-state index contributed by atoms with van der Waals surface area (Å²) in [5, 5.41) is 0. The van der Waals surface area contributed by atoms with Crippen LogP contribution in [0.5, 0.6) is 17.2 Å². The number of carbonyl (C=O) groups excluding carboxylic acids is 2. The first-order valence-electron chi connectivity index (χ1n) is 7.91. The first kappa shape index (κ1) is 19.1. The van der Waals surface area contributed by atoms with Gasteiger partial charge in [-0.3, -0.25) is 0 Å². The summed E-state index contributed by atoms with van der Waals surface area (Å²) in [6, 6.07) is 13.2. The highest BCUT2D eigenvalue weighted by Crippen LogP contribution is 2.19. The van der Waals surface area contributed by atoms with Crippen LogP contribution in [-0.2, 0) is 9.53 Å². The smallest absolute Gasteiger partial charge is 0.343 e. The first-order chi connectivity index (χ1) is 12.5. The second kappa shape index (κ2) is 9.27. The third-order valence-corrected chi connectivity index (χ3v) is 3.29. The lowest BCUT2D eigenvalue weighted by Crippen LogP contribution is -2.12. The van der Waals surface area contributed by atoms with E-state index in [1.807, 2.05) is 0 Å². The molecule has 0 aromatic heterocycles. The van der Waals surface area contributed by atoms with Gasteiger partial charge in [0.15, 0.2) is 0 Å². The summed E-state index contributed by atoms with van der Waals surface area (Å²) in [6.45, 7) is 5.39. The molecule has 0 amide bonds. The minimum absolute atomic E-state index is 0.118. The summed E-state index contributed by atoms with van der Waals surface area (Å²) in [5.41, 5.74) is 0.728. The monoisotopic (exact) mass is 356 g/mol. The van der Waals surface area contributed by atoms with Gasteiger partial charge in [-0.05, 0) is 55.5 Å². The van der Waals surface area contributed by atoms with Gasteiger partial charge >= 0.3 is 11.9 Å². The molecule has 0 unspecified atom stereocenters. The van der Waals surface area contributed by atoms with Crippen LogP contribution in [-0.4, -0.2) is 32.3 Å². The lowest BCUT2D eigenvalue weighted by Gasteiger charge is -2.08. The van der Waals surface area contributed by atoms with Gasteiger partial charge in [0.25, 0.3) is 0 Å². The molecule has 2 aromatic rings. The van der Waals surface area contributed by atoms with Gasteiger partial charge in [-0.1, -0.05) is 6.58 Å². The molecule has 0 radical (unpaired) electrons. The molecular weight excluding hydrogens is 336 g/mol. The van der Waals surface area contributed by atoms with Crippen molar-refractivity contribution in [2.45, 2.75) is 6.92 Å². The Balaban J connectivity index is 1.82. The van der Waals surface area contributed by atoms with Crippen molar-refractivity contribution in [3.63, 3.8) is 0 Å². The second-order valence-electron chi connectivity index (χ2n) is 5.35. The van der Waals surface area contributed by atoms with Crippen LogP contribution in [0.4, 0.5) is 0 Å². The molecule has 0 aliphatic heterocycles. The van der Waals surface area contributed by atoms with Gasteiger partial charge in [0.05, 0.1) is 12.7 Å². The van der Waals surface area contributed by atoms with Crippen LogP contribution in [0.1, 0.15) is 17.3 Å². The first-order valence-corrected chi connectivity index (χ1v) is 7.91. The molecule has 0 spiro atoms. The maximum Gasteiger partial charge on any atom is 0.343 e. The molecular formula is C20H20O6. The molecule has 6 nitrogen and oxygen atoms in total. The van der Waals surface area contributed by atoms with Crippen LogP contribution in [0.2, 0.25) is 0 Å². The van der Waals surface area contributed by atoms with Crippen LogP contribution in [0, 0.1) is 0 Å². The van der Waals surface area contributed by atoms with Crippen LogP contribution in [0.25, 0.3) is 0 Å². The molecule has 0 atom stereocenters. The number of carbonyl (C=O) groups is 2. The molecule has 2 aromatic carbocycles. The molecule has 6 heteroatoms. The lowest BCUT2D eigenvalue weighted by molar-refractivity contribution is -0.139. The van der Waals surface area contributed by atoms with Crippen LogP contribution in [0.15, 0.2) is 60.7 Å². The second-order valence-corrected chi connectivity index (χ2v) is 5.35. The third-order valence-electron chi connectivity index (χ3n) is 3.29. The van der Waals surface area contributed by atoms with E-state index >= 15 is 0 Å². The van der Waals surface area contributed by atoms with E-state index in [0.29, 0.717) is 28.4 Å². The average molecular weight is 356 g/mol. The van der Waals surface area contributed by atoms with E-state index in [9.17, 15) is 9.59 Å². The number of ether oxygens (including phenoxy) is 4. The van der Waals surface area contributed by atoms with Crippen molar-refractivity contribution < 1.29 is 28.5 Å². The zero-order valence-corrected chi connectivity index (χ0v) is 14.7. The molecule has 0 saturated carbocycles. The summed E-state index contributed by atoms with van der Waals surface area (Å²) < 4.78 is 20.7. The van der Waals surface area contributed by atoms with E-state index in [1.165, 1.54) is 0 Å². The molecule has 0 saturated heterocycles. The van der Waals surface area contributed by atoms with Gasteiger partial charge in [0.1, 0.15) is 30.5 Å². The zero-order valence-electron chi connectivity index (χ0n) is 14.7. The third kappa shape index (κ3) is 5.66. The van der Waals surface area contributed by atoms with E-state index in [1.54, 1.807) is 62.6 Å². The SMILES string of the molecule is C=C(C)C(=O)OCCOc1ccc(C(=O)Oc2ccc(OC)cc2)cc1. The normalized spacial score (nSPS) is 9.92. The predicted octanol–water partition coefficient (Wildman–Crippen LogP) is 3.41. The van der Waals surface area contributed by atoms with Crippen LogP contribution in [0.3, 0.4) is 0 Å². The largest absolute Gasteiger partial charge is 0.497 e. The fourth-order valence-corrected chi connectivity index (χ4v) is 1.91. The summed E-state index contributed by atoms with van der Waals surface area (Å²) in [6.07, 6.45) is 0. The summed E-state index contributed by atoms with van der Waals surface area (Å²) >= 11 is 0. The van der Waals surface area contributed by atoms with Crippen molar-refractivity contribution in [1.82, 2.24) is 0 Å². The molecule has 26 heavy (non-hydrogen) atoms. The van der Waals surface area contributed by atoms with Gasteiger partial charge in [-0.2, -0.15) is 0 Å². The minimum atomic E-state index is -0.475. The molecule has 2 rings (SSSR count). The Morgan fingerprint density at radius 3 is 2.04 bits per heavy atom. The fourth-order valence-electron chi connectivity index (χ4n) is 1.91. The quantitative estimate of drug-likeness (QED) is 0.312. The van der Waals surface area contributed by atoms with Gasteiger partial charge in [-0.25, -0.2) is 9.59 Å². The van der Waals surface area contributed by atoms with E-state index in [2.05, 4.69) is 6.58 Å². The Labute approximate surface area is 151 Å². The van der Waals surface area contributed by atoms with E-state index in [0.717, 1.165) is 0 Å². The predicted molar refractivity (Wildman–Crippen MR) is 95.7 cm³/mol. The molecule has 136 valence electrons. The highest BCUT2D eigenvalue weighted by molar-refractivity contribution is 5.91. The van der Waals surface area contributed by atoms with E-state index in [-0.39, 0.29) is 13.2 Å². The molecule has 0 heterocycles. The van der Waals surface area contributed by atoms with E-state index < -0.39 is 11.9 Å². The van der Waals surface area contributed by atoms with Gasteiger partial charge in [0.2, 0.25) is 0 Å². The zero-order chi connectivity index (χ0) is 18.9. The molecule has 0 aliphatic rings. The summed E-state index contributed by atoms with van der Waals surface area (Å²) in [4.78, 5) is 23.3. The number of esters is 2. The Morgan fingerprint density at radius 2 is 1.46 bits per heavy atom. The highest BCUT2D eigenvalue weighted by Gasteiger charge is 2.09. The van der Waals surface area contributed by atoms with Gasteiger partial charge in [-0.15, -0.1) is 0 Å². The number of hydrogen-bond acceptors (Lipinski definition) is 6. The number of methoxy groups -OCH3 is 1. The van der Waals surface area contributed by atoms with Gasteiger partial charge < -0.3 is 18.9 Å². The van der Waals surface area contributed by atoms with Crippen molar-refractivity contribution in [2.75, 3.05) is 20.3 Å². The van der Waals surface area contributed by atoms with Gasteiger partial charge in [0, 0.05) is 5.57 Å². The molecule has 0 fully saturated rings. The number of benzene rings is 2. The fraction of sp³-hybridized carbons (Fsp3) is 0.200. The van der Waals surface area contributed by atoms with Crippen molar-refractivity contribution in [3.05, 3.63) is 66.2 Å². The van der Waals surface area contributed by atoms with Crippen LogP contribution >= 0.6 is 0 Å². The minimum Gasteiger partial charge on any atom is -0.497 e. The molecule has 0 aliphatic carbocycles. The van der Waals surface area contributed by atoms with E-state index in [4.69, 9.17) is 18.9 Å². The average Bonchev–Trinajstić information content (AvgIpc) is 2.66. The van der Waals surface area contributed by atoms with Crippen molar-refractivity contribution in [1.29, 1.82) is 0 Å². The lowest BCUT2D eigenvalue weighted by atomic mass is 10.2. The summed E-state index contributed by atoms with van der Waals surface area (Å²) in [5.74, 6) is 0.732. The van der Waals surface area contributed by atoms with Crippen molar-refractivity contribution in [3.8, 4) is 17.2 Å². The number of rotatable bonds is 8. The number of hydrogen-bond donors (Lipinski definition) is 0. The Morgan fingerprint density at radius 1 is 0.885 bits per heavy atom. The molecule has 0 N–H and O–H groups in total. The maximum absolute atomic E-state index is 12.1. The Bertz CT molecular complexity index is 762. The van der Waals surface area contributed by atoms with Crippen molar-refractivity contribution in [2.24, 2.45) is 0 Å². The summed E-state index contributed by atoms with van der Waals surface area (Å²) in [7, 11) is 1.56.